The minimum Gasteiger partial charge on any atom is -0.294 e. The van der Waals surface area contributed by atoms with Gasteiger partial charge >= 0.3 is 0 Å². The lowest BCUT2D eigenvalue weighted by atomic mass is 9.83. The Morgan fingerprint density at radius 3 is 2.70 bits per heavy atom. The predicted octanol–water partition coefficient (Wildman–Crippen LogP) is 6.31. The molecule has 0 aliphatic carbocycles. The SMILES string of the molecule is CC(CC(=O)c1csc2c(Br)cccc12)CC(C)(C)C. The molecule has 0 spiro atoms. The van der Waals surface area contributed by atoms with Crippen LogP contribution >= 0.6 is 27.3 Å². The summed E-state index contributed by atoms with van der Waals surface area (Å²) in [6.45, 7) is 8.86. The topological polar surface area (TPSA) is 17.1 Å². The van der Waals surface area contributed by atoms with Crippen molar-refractivity contribution in [1.82, 2.24) is 0 Å². The third-order valence-corrected chi connectivity index (χ3v) is 5.30. The molecule has 2 aromatic rings. The van der Waals surface area contributed by atoms with Gasteiger partial charge in [0.25, 0.3) is 0 Å². The van der Waals surface area contributed by atoms with Crippen molar-refractivity contribution in [2.75, 3.05) is 0 Å². The zero-order chi connectivity index (χ0) is 14.9. The van der Waals surface area contributed by atoms with E-state index >= 15 is 0 Å². The maximum absolute atomic E-state index is 12.5. The van der Waals surface area contributed by atoms with Gasteiger partial charge in [0.1, 0.15) is 0 Å². The first-order valence-corrected chi connectivity index (χ1v) is 8.64. The van der Waals surface area contributed by atoms with E-state index in [4.69, 9.17) is 0 Å². The molecule has 0 fully saturated rings. The fourth-order valence-electron chi connectivity index (χ4n) is 2.78. The Balaban J connectivity index is 2.18. The van der Waals surface area contributed by atoms with Gasteiger partial charge in [-0.3, -0.25) is 4.79 Å². The van der Waals surface area contributed by atoms with Crippen molar-refractivity contribution < 1.29 is 4.79 Å². The quantitative estimate of drug-likeness (QED) is 0.589. The van der Waals surface area contributed by atoms with Crippen LogP contribution in [0.15, 0.2) is 28.1 Å². The zero-order valence-corrected chi connectivity index (χ0v) is 14.9. The minimum atomic E-state index is 0.270. The number of hydrogen-bond acceptors (Lipinski definition) is 2. The van der Waals surface area contributed by atoms with E-state index in [1.807, 2.05) is 23.6 Å². The molecule has 0 N–H and O–H groups in total. The Bertz CT molecular complexity index is 621. The van der Waals surface area contributed by atoms with Crippen molar-refractivity contribution in [1.29, 1.82) is 0 Å². The highest BCUT2D eigenvalue weighted by atomic mass is 79.9. The Hall–Kier alpha value is -0.670. The second kappa shape index (κ2) is 5.98. The molecule has 0 bridgehead atoms. The number of carbonyl (C=O) groups excluding carboxylic acids is 1. The molecular formula is C17H21BrOS. The van der Waals surface area contributed by atoms with E-state index in [1.54, 1.807) is 11.3 Å². The van der Waals surface area contributed by atoms with Crippen LogP contribution in [0.2, 0.25) is 0 Å². The van der Waals surface area contributed by atoms with Crippen LogP contribution in [0.1, 0.15) is 50.9 Å². The lowest BCUT2D eigenvalue weighted by Crippen LogP contribution is -2.14. The van der Waals surface area contributed by atoms with Crippen LogP contribution in [0.3, 0.4) is 0 Å². The molecule has 0 amide bonds. The molecule has 0 aliphatic rings. The van der Waals surface area contributed by atoms with Gasteiger partial charge in [-0.25, -0.2) is 0 Å². The molecule has 1 atom stereocenters. The predicted molar refractivity (Wildman–Crippen MR) is 91.7 cm³/mol. The summed E-state index contributed by atoms with van der Waals surface area (Å²) < 4.78 is 2.24. The van der Waals surface area contributed by atoms with E-state index in [-0.39, 0.29) is 11.2 Å². The Labute approximate surface area is 133 Å². The van der Waals surface area contributed by atoms with Gasteiger partial charge < -0.3 is 0 Å². The van der Waals surface area contributed by atoms with E-state index in [1.165, 1.54) is 4.70 Å². The number of rotatable bonds is 4. The molecular weight excluding hydrogens is 332 g/mol. The number of fused-ring (bicyclic) bond motifs is 1. The fraction of sp³-hybridized carbons (Fsp3) is 0.471. The number of halogens is 1. The second-order valence-corrected chi connectivity index (χ2v) is 8.50. The van der Waals surface area contributed by atoms with E-state index in [9.17, 15) is 4.79 Å². The molecule has 3 heteroatoms. The molecule has 1 nitrogen and oxygen atoms in total. The number of hydrogen-bond donors (Lipinski definition) is 0. The minimum absolute atomic E-state index is 0.270. The highest BCUT2D eigenvalue weighted by Crippen LogP contribution is 2.34. The first-order valence-electron chi connectivity index (χ1n) is 6.97. The normalized spacial score (nSPS) is 13.7. The molecule has 0 aliphatic heterocycles. The van der Waals surface area contributed by atoms with E-state index < -0.39 is 0 Å². The van der Waals surface area contributed by atoms with Gasteiger partial charge in [0.2, 0.25) is 0 Å². The van der Waals surface area contributed by atoms with Crippen molar-refractivity contribution in [2.24, 2.45) is 11.3 Å². The molecule has 1 aromatic heterocycles. The van der Waals surface area contributed by atoms with Gasteiger partial charge in [-0.2, -0.15) is 0 Å². The summed E-state index contributed by atoms with van der Waals surface area (Å²) in [7, 11) is 0. The second-order valence-electron chi connectivity index (χ2n) is 6.76. The van der Waals surface area contributed by atoms with E-state index in [2.05, 4.69) is 43.6 Å². The van der Waals surface area contributed by atoms with Gasteiger partial charge in [-0.05, 0) is 39.8 Å². The average Bonchev–Trinajstić information content (AvgIpc) is 2.71. The third-order valence-electron chi connectivity index (χ3n) is 3.35. The van der Waals surface area contributed by atoms with Crippen molar-refractivity contribution in [2.45, 2.75) is 40.5 Å². The van der Waals surface area contributed by atoms with Crippen molar-refractivity contribution in [3.8, 4) is 0 Å². The molecule has 2 rings (SSSR count). The van der Waals surface area contributed by atoms with Crippen LogP contribution < -0.4 is 0 Å². The van der Waals surface area contributed by atoms with Crippen LogP contribution in [-0.4, -0.2) is 5.78 Å². The van der Waals surface area contributed by atoms with Gasteiger partial charge in [-0.15, -0.1) is 11.3 Å². The van der Waals surface area contributed by atoms with Gasteiger partial charge in [0.05, 0.1) is 0 Å². The van der Waals surface area contributed by atoms with Gasteiger partial charge in [0.15, 0.2) is 5.78 Å². The van der Waals surface area contributed by atoms with Crippen LogP contribution in [0.4, 0.5) is 0 Å². The highest BCUT2D eigenvalue weighted by Gasteiger charge is 2.20. The third kappa shape index (κ3) is 3.70. The molecule has 1 heterocycles. The standard InChI is InChI=1S/C17H21BrOS/c1-11(9-17(2,3)4)8-15(19)13-10-20-16-12(13)6-5-7-14(16)18/h5-7,10-11H,8-9H2,1-4H3. The smallest absolute Gasteiger partial charge is 0.164 e. The van der Waals surface area contributed by atoms with Crippen LogP contribution in [-0.2, 0) is 0 Å². The summed E-state index contributed by atoms with van der Waals surface area (Å²) in [6, 6.07) is 6.06. The van der Waals surface area contributed by atoms with Crippen LogP contribution in [0.25, 0.3) is 10.1 Å². The Morgan fingerprint density at radius 1 is 1.35 bits per heavy atom. The molecule has 108 valence electrons. The molecule has 0 saturated heterocycles. The van der Waals surface area contributed by atoms with Crippen molar-refractivity contribution >= 4 is 43.1 Å². The highest BCUT2D eigenvalue weighted by molar-refractivity contribution is 9.10. The first-order chi connectivity index (χ1) is 9.28. The van der Waals surface area contributed by atoms with Crippen molar-refractivity contribution in [3.63, 3.8) is 0 Å². The monoisotopic (exact) mass is 352 g/mol. The van der Waals surface area contributed by atoms with Gasteiger partial charge in [0, 0.05) is 31.9 Å². The van der Waals surface area contributed by atoms with E-state index in [0.29, 0.717) is 12.3 Å². The average molecular weight is 353 g/mol. The summed E-state index contributed by atoms with van der Waals surface area (Å²) in [5.74, 6) is 0.690. The zero-order valence-electron chi connectivity index (χ0n) is 12.5. The molecule has 0 radical (unpaired) electrons. The number of carbonyl (C=O) groups is 1. The van der Waals surface area contributed by atoms with E-state index in [0.717, 1.165) is 21.8 Å². The van der Waals surface area contributed by atoms with Crippen molar-refractivity contribution in [3.05, 3.63) is 33.6 Å². The number of Topliss-reactive ketones (excluding diaryl/α,β-unsaturated/α-hetero) is 1. The van der Waals surface area contributed by atoms with Gasteiger partial charge in [-0.1, -0.05) is 39.8 Å². The van der Waals surface area contributed by atoms with Crippen LogP contribution in [0, 0.1) is 11.3 Å². The first kappa shape index (κ1) is 15.7. The summed E-state index contributed by atoms with van der Waals surface area (Å²) >= 11 is 5.19. The Kier molecular flexibility index (Phi) is 4.70. The maximum atomic E-state index is 12.5. The number of ketones is 1. The summed E-state index contributed by atoms with van der Waals surface area (Å²) in [6.07, 6.45) is 1.71. The lowest BCUT2D eigenvalue weighted by Gasteiger charge is -2.22. The number of thiophene rings is 1. The van der Waals surface area contributed by atoms with Crippen LogP contribution in [0.5, 0.6) is 0 Å². The summed E-state index contributed by atoms with van der Waals surface area (Å²) in [5.41, 5.74) is 1.16. The molecule has 1 unspecified atom stereocenters. The maximum Gasteiger partial charge on any atom is 0.164 e. The molecule has 1 aromatic carbocycles. The number of benzene rings is 1. The lowest BCUT2D eigenvalue weighted by molar-refractivity contribution is 0.0956. The summed E-state index contributed by atoms with van der Waals surface area (Å²) in [4.78, 5) is 12.5. The fourth-order valence-corrected chi connectivity index (χ4v) is 4.41. The molecule has 0 saturated carbocycles. The Morgan fingerprint density at radius 2 is 2.05 bits per heavy atom. The largest absolute Gasteiger partial charge is 0.294 e. The summed E-state index contributed by atoms with van der Waals surface area (Å²) in [5, 5.41) is 3.08. The molecule has 20 heavy (non-hydrogen) atoms.